The fourth-order valence-corrected chi connectivity index (χ4v) is 6.14. The summed E-state index contributed by atoms with van der Waals surface area (Å²) in [5, 5.41) is 5.60. The third kappa shape index (κ3) is 29.7. The molecule has 0 saturated heterocycles. The average Bonchev–Trinajstić information content (AvgIpc) is 3.01. The van der Waals surface area contributed by atoms with Gasteiger partial charge in [-0.05, 0) is 27.2 Å². The lowest BCUT2D eigenvalue weighted by molar-refractivity contribution is -0.0228. The van der Waals surface area contributed by atoms with E-state index >= 15 is 0 Å². The van der Waals surface area contributed by atoms with Crippen molar-refractivity contribution in [3.8, 4) is 0 Å². The first-order valence-corrected chi connectivity index (χ1v) is 17.8. The number of hydrogen-bond donors (Lipinski definition) is 3. The van der Waals surface area contributed by atoms with Crippen LogP contribution in [0.3, 0.4) is 0 Å². The molecule has 0 aliphatic heterocycles. The van der Waals surface area contributed by atoms with Gasteiger partial charge in [0.15, 0.2) is 0 Å². The predicted octanol–water partition coefficient (Wildman–Crippen LogP) is 0.816. The van der Waals surface area contributed by atoms with Crippen LogP contribution in [0.5, 0.6) is 0 Å². The fourth-order valence-electron chi connectivity index (χ4n) is 3.53. The maximum atomic E-state index is 12.0. The van der Waals surface area contributed by atoms with Crippen LogP contribution in [-0.4, -0.2) is 160 Å². The molecular formula is C28H61N3O12Si. The molecule has 44 heavy (non-hydrogen) atoms. The normalized spacial score (nSPS) is 11.7. The molecule has 0 aromatic carbocycles. The van der Waals surface area contributed by atoms with E-state index in [1.807, 2.05) is 20.8 Å². The molecule has 15 nitrogen and oxygen atoms in total. The molecule has 0 saturated carbocycles. The van der Waals surface area contributed by atoms with Crippen LogP contribution in [0, 0.1) is 0 Å². The molecule has 4 N–H and O–H groups in total. The molecule has 0 unspecified atom stereocenters. The lowest BCUT2D eigenvalue weighted by atomic mass is 10.5. The molecule has 0 radical (unpaired) electrons. The smallest absolute Gasteiger partial charge is 0.378 e. The van der Waals surface area contributed by atoms with Crippen molar-refractivity contribution in [3.63, 3.8) is 0 Å². The third-order valence-electron chi connectivity index (χ3n) is 5.44. The summed E-state index contributed by atoms with van der Waals surface area (Å²) in [5.74, 6) is 0. The van der Waals surface area contributed by atoms with Crippen molar-refractivity contribution < 1.29 is 56.0 Å². The zero-order chi connectivity index (χ0) is 32.2. The van der Waals surface area contributed by atoms with Gasteiger partial charge in [0.2, 0.25) is 0 Å². The molecule has 0 aliphatic carbocycles. The second kappa shape index (κ2) is 34.9. The van der Waals surface area contributed by atoms with Crippen molar-refractivity contribution in [2.45, 2.75) is 33.2 Å². The predicted molar refractivity (Wildman–Crippen MR) is 167 cm³/mol. The van der Waals surface area contributed by atoms with E-state index in [0.717, 1.165) is 0 Å². The van der Waals surface area contributed by atoms with Gasteiger partial charge in [0.05, 0.1) is 106 Å². The summed E-state index contributed by atoms with van der Waals surface area (Å²) in [6.07, 6.45) is 0.710. The Morgan fingerprint density at radius 3 is 1.16 bits per heavy atom. The minimum Gasteiger partial charge on any atom is -0.378 e. The molecule has 0 bridgehead atoms. The van der Waals surface area contributed by atoms with E-state index < -0.39 is 8.80 Å². The number of carbonyl (C=O) groups is 1. The second-order valence-corrected chi connectivity index (χ2v) is 11.7. The summed E-state index contributed by atoms with van der Waals surface area (Å²) in [6, 6.07) is 0.419. The highest BCUT2D eigenvalue weighted by Gasteiger charge is 2.39. The highest BCUT2D eigenvalue weighted by atomic mass is 28.4. The summed E-state index contributed by atoms with van der Waals surface area (Å²) in [7, 11) is -2.67. The lowest BCUT2D eigenvalue weighted by Gasteiger charge is -2.28. The van der Waals surface area contributed by atoms with E-state index in [-0.39, 0.29) is 6.03 Å². The molecule has 0 spiro atoms. The van der Waals surface area contributed by atoms with Gasteiger partial charge in [-0.1, -0.05) is 0 Å². The van der Waals surface area contributed by atoms with E-state index in [2.05, 4.69) is 10.6 Å². The van der Waals surface area contributed by atoms with Gasteiger partial charge in [0, 0.05) is 45.5 Å². The first kappa shape index (κ1) is 43.0. The summed E-state index contributed by atoms with van der Waals surface area (Å²) >= 11 is 0. The van der Waals surface area contributed by atoms with E-state index in [1.54, 1.807) is 0 Å². The number of rotatable bonds is 36. The van der Waals surface area contributed by atoms with Gasteiger partial charge in [0.25, 0.3) is 0 Å². The maximum absolute atomic E-state index is 12.0. The molecule has 0 aromatic heterocycles. The number of nitrogens with two attached hydrogens (primary N) is 1. The van der Waals surface area contributed by atoms with E-state index in [4.69, 9.17) is 56.9 Å². The van der Waals surface area contributed by atoms with Crippen LogP contribution in [-0.2, 0) is 51.2 Å². The minimum absolute atomic E-state index is 0.237. The van der Waals surface area contributed by atoms with Crippen LogP contribution in [0.15, 0.2) is 0 Å². The Morgan fingerprint density at radius 1 is 0.500 bits per heavy atom. The standard InChI is InChI=1S/C28H61N3O12Si/c1-4-41-44(42-5-2,43-6-3)27-7-9-30-28(32)31-10-12-34-14-16-36-18-20-38-22-24-40-26-25-39-23-21-37-19-17-35-15-13-33-11-8-29/h4-27,29H2,1-3H3,(H2,30,31,32). The Hall–Kier alpha value is -0.993. The number of carbonyl (C=O) groups excluding carboxylic acids is 1. The third-order valence-corrected chi connectivity index (χ3v) is 8.59. The first-order chi connectivity index (χ1) is 21.6. The Bertz CT molecular complexity index is 585. The minimum atomic E-state index is -2.67. The van der Waals surface area contributed by atoms with E-state index in [9.17, 15) is 4.79 Å². The van der Waals surface area contributed by atoms with Crippen LogP contribution >= 0.6 is 0 Å². The molecule has 0 rings (SSSR count). The number of ether oxygens (including phenoxy) is 8. The fraction of sp³-hybridized carbons (Fsp3) is 0.964. The van der Waals surface area contributed by atoms with Crippen LogP contribution in [0.2, 0.25) is 6.04 Å². The van der Waals surface area contributed by atoms with Crippen molar-refractivity contribution in [1.82, 2.24) is 10.6 Å². The quantitative estimate of drug-likeness (QED) is 0.0639. The number of hydrogen-bond acceptors (Lipinski definition) is 13. The topological polar surface area (TPSA) is 169 Å². The molecule has 0 aromatic rings. The van der Waals surface area contributed by atoms with E-state index in [0.29, 0.717) is 158 Å². The zero-order valence-electron chi connectivity index (χ0n) is 27.4. The van der Waals surface area contributed by atoms with Crippen LogP contribution in [0.4, 0.5) is 4.79 Å². The van der Waals surface area contributed by atoms with Crippen LogP contribution < -0.4 is 16.4 Å². The highest BCUT2D eigenvalue weighted by Crippen LogP contribution is 2.17. The van der Waals surface area contributed by atoms with Crippen LogP contribution in [0.25, 0.3) is 0 Å². The Kier molecular flexibility index (Phi) is 34.1. The van der Waals surface area contributed by atoms with Crippen molar-refractivity contribution in [1.29, 1.82) is 0 Å². The Labute approximate surface area is 265 Å². The number of amides is 2. The lowest BCUT2D eigenvalue weighted by Crippen LogP contribution is -2.46. The Morgan fingerprint density at radius 2 is 0.818 bits per heavy atom. The second-order valence-electron chi connectivity index (χ2n) is 8.96. The average molecular weight is 660 g/mol. The first-order valence-electron chi connectivity index (χ1n) is 15.9. The molecule has 2 amide bonds. The van der Waals surface area contributed by atoms with Crippen molar-refractivity contribution in [3.05, 3.63) is 0 Å². The molecule has 16 heteroatoms. The largest absolute Gasteiger partial charge is 0.500 e. The van der Waals surface area contributed by atoms with Gasteiger partial charge in [-0.15, -0.1) is 0 Å². The highest BCUT2D eigenvalue weighted by molar-refractivity contribution is 6.60. The maximum Gasteiger partial charge on any atom is 0.500 e. The summed E-state index contributed by atoms with van der Waals surface area (Å²) in [5.41, 5.74) is 5.33. The van der Waals surface area contributed by atoms with Gasteiger partial charge in [-0.2, -0.15) is 0 Å². The monoisotopic (exact) mass is 659 g/mol. The van der Waals surface area contributed by atoms with Gasteiger partial charge in [-0.25, -0.2) is 4.79 Å². The van der Waals surface area contributed by atoms with Crippen molar-refractivity contribution in [2.75, 3.05) is 145 Å². The summed E-state index contributed by atoms with van der Waals surface area (Å²) in [4.78, 5) is 12.0. The SMILES string of the molecule is CCO[Si](CCCNC(=O)NCCOCCOCCOCCOCCOCCOCCOCCOCCN)(OCC)OCC. The number of nitrogens with one attached hydrogen (secondary N) is 2. The molecule has 0 heterocycles. The molecule has 0 aliphatic rings. The summed E-state index contributed by atoms with van der Waals surface area (Å²) in [6.45, 7) is 16.8. The van der Waals surface area contributed by atoms with Crippen LogP contribution in [0.1, 0.15) is 27.2 Å². The summed E-state index contributed by atoms with van der Waals surface area (Å²) < 4.78 is 60.8. The van der Waals surface area contributed by atoms with Gasteiger partial charge < -0.3 is 67.5 Å². The number of urea groups is 1. The Balaban J connectivity index is 3.34. The molecular weight excluding hydrogens is 598 g/mol. The molecule has 0 fully saturated rings. The molecule has 0 atom stereocenters. The zero-order valence-corrected chi connectivity index (χ0v) is 28.4. The van der Waals surface area contributed by atoms with Crippen molar-refractivity contribution in [2.24, 2.45) is 5.73 Å². The van der Waals surface area contributed by atoms with Gasteiger partial charge in [0.1, 0.15) is 0 Å². The van der Waals surface area contributed by atoms with E-state index in [1.165, 1.54) is 0 Å². The van der Waals surface area contributed by atoms with Gasteiger partial charge in [-0.3, -0.25) is 0 Å². The van der Waals surface area contributed by atoms with Gasteiger partial charge >= 0.3 is 14.8 Å². The molecule has 264 valence electrons. The van der Waals surface area contributed by atoms with Crippen molar-refractivity contribution >= 4 is 14.8 Å².